The van der Waals surface area contributed by atoms with Crippen LogP contribution in [0, 0.1) is 5.92 Å². The maximum Gasteiger partial charge on any atom is 0.254 e. The molecule has 160 valence electrons. The van der Waals surface area contributed by atoms with Crippen molar-refractivity contribution in [1.82, 2.24) is 19.8 Å². The summed E-state index contributed by atoms with van der Waals surface area (Å²) in [5.41, 5.74) is 5.66. The molecule has 1 aliphatic heterocycles. The lowest BCUT2D eigenvalue weighted by molar-refractivity contribution is 0.0250. The van der Waals surface area contributed by atoms with E-state index in [0.29, 0.717) is 11.5 Å². The summed E-state index contributed by atoms with van der Waals surface area (Å²) in [6, 6.07) is 11.9. The van der Waals surface area contributed by atoms with Crippen LogP contribution in [0.1, 0.15) is 52.1 Å². The van der Waals surface area contributed by atoms with Crippen LogP contribution in [0.5, 0.6) is 0 Å². The molecule has 31 heavy (non-hydrogen) atoms. The van der Waals surface area contributed by atoms with Crippen molar-refractivity contribution < 1.29 is 9.59 Å². The molecule has 2 unspecified atom stereocenters. The minimum absolute atomic E-state index is 0.0305. The molecular formula is C25H28N4O2. The summed E-state index contributed by atoms with van der Waals surface area (Å²) >= 11 is 0. The smallest absolute Gasteiger partial charge is 0.254 e. The number of piperidine rings is 1. The minimum Gasteiger partial charge on any atom is -0.345 e. The summed E-state index contributed by atoms with van der Waals surface area (Å²) in [5.74, 6) is 0.416. The molecule has 0 spiro atoms. The fourth-order valence-corrected chi connectivity index (χ4v) is 5.50. The van der Waals surface area contributed by atoms with E-state index in [-0.39, 0.29) is 23.3 Å². The maximum atomic E-state index is 13.5. The second-order valence-corrected chi connectivity index (χ2v) is 9.43. The highest BCUT2D eigenvalue weighted by molar-refractivity contribution is 5.98. The monoisotopic (exact) mass is 416 g/mol. The number of carbonyl (C=O) groups excluding carboxylic acids is 2. The molecular weight excluding hydrogens is 388 g/mol. The Morgan fingerprint density at radius 1 is 1.16 bits per heavy atom. The first-order chi connectivity index (χ1) is 14.8. The topological polar surface area (TPSA) is 69.3 Å². The summed E-state index contributed by atoms with van der Waals surface area (Å²) in [4.78, 5) is 37.0. The van der Waals surface area contributed by atoms with Gasteiger partial charge in [0.15, 0.2) is 0 Å². The van der Waals surface area contributed by atoms with E-state index in [2.05, 4.69) is 40.8 Å². The SMILES string of the molecule is CC1C2Cc3ccc(C(=O)N(C)C)cc3[C@]1(C)CCN2C(=O)c1ccc2nc[nH]c2c1. The normalized spacial score (nSPS) is 24.7. The van der Waals surface area contributed by atoms with Gasteiger partial charge in [-0.05, 0) is 65.6 Å². The Morgan fingerprint density at radius 2 is 1.94 bits per heavy atom. The number of aromatic nitrogens is 2. The van der Waals surface area contributed by atoms with Crippen molar-refractivity contribution in [3.8, 4) is 0 Å². The molecule has 1 aromatic heterocycles. The molecule has 1 fully saturated rings. The Hall–Kier alpha value is -3.15. The zero-order chi connectivity index (χ0) is 21.9. The Balaban J connectivity index is 1.49. The Labute approximate surface area is 182 Å². The van der Waals surface area contributed by atoms with Crippen LogP contribution >= 0.6 is 0 Å². The number of carbonyl (C=O) groups is 2. The molecule has 0 radical (unpaired) electrons. The van der Waals surface area contributed by atoms with Gasteiger partial charge in [0, 0.05) is 37.8 Å². The fourth-order valence-electron chi connectivity index (χ4n) is 5.50. The third-order valence-electron chi connectivity index (χ3n) is 7.59. The predicted molar refractivity (Wildman–Crippen MR) is 120 cm³/mol. The molecule has 0 saturated carbocycles. The van der Waals surface area contributed by atoms with E-state index in [1.54, 1.807) is 25.3 Å². The zero-order valence-corrected chi connectivity index (χ0v) is 18.5. The van der Waals surface area contributed by atoms with Gasteiger partial charge in [0.2, 0.25) is 0 Å². The van der Waals surface area contributed by atoms with Crippen LogP contribution < -0.4 is 0 Å². The number of hydrogen-bond acceptors (Lipinski definition) is 3. The van der Waals surface area contributed by atoms with Crippen molar-refractivity contribution >= 4 is 22.8 Å². The van der Waals surface area contributed by atoms with Crippen molar-refractivity contribution in [3.05, 3.63) is 65.0 Å². The third kappa shape index (κ3) is 2.96. The van der Waals surface area contributed by atoms with Crippen molar-refractivity contribution in [3.63, 3.8) is 0 Å². The number of hydrogen-bond donors (Lipinski definition) is 1. The Kier molecular flexibility index (Phi) is 4.43. The third-order valence-corrected chi connectivity index (χ3v) is 7.59. The largest absolute Gasteiger partial charge is 0.345 e. The maximum absolute atomic E-state index is 13.5. The molecule has 2 heterocycles. The second-order valence-electron chi connectivity index (χ2n) is 9.43. The van der Waals surface area contributed by atoms with Crippen LogP contribution in [0.3, 0.4) is 0 Å². The van der Waals surface area contributed by atoms with E-state index in [1.807, 2.05) is 24.3 Å². The average Bonchev–Trinajstić information content (AvgIpc) is 3.23. The van der Waals surface area contributed by atoms with Crippen molar-refractivity contribution in [2.45, 2.75) is 38.1 Å². The van der Waals surface area contributed by atoms with Crippen LogP contribution in [0.15, 0.2) is 42.7 Å². The Morgan fingerprint density at radius 3 is 2.71 bits per heavy atom. The highest BCUT2D eigenvalue weighted by Gasteiger charge is 2.49. The van der Waals surface area contributed by atoms with Gasteiger partial charge in [-0.25, -0.2) is 4.98 Å². The first-order valence-electron chi connectivity index (χ1n) is 10.9. The number of nitrogens with zero attached hydrogens (tertiary/aromatic N) is 3. The van der Waals surface area contributed by atoms with Gasteiger partial charge in [-0.2, -0.15) is 0 Å². The van der Waals surface area contributed by atoms with Crippen molar-refractivity contribution in [2.24, 2.45) is 5.92 Å². The molecule has 2 aliphatic rings. The van der Waals surface area contributed by atoms with Gasteiger partial charge in [-0.1, -0.05) is 19.9 Å². The summed E-state index contributed by atoms with van der Waals surface area (Å²) < 4.78 is 0. The number of rotatable bonds is 2. The predicted octanol–water partition coefficient (Wildman–Crippen LogP) is 3.63. The lowest BCUT2D eigenvalue weighted by atomic mass is 9.58. The van der Waals surface area contributed by atoms with Gasteiger partial charge < -0.3 is 14.8 Å². The number of likely N-dealkylation sites (tertiary alicyclic amines) is 1. The van der Waals surface area contributed by atoms with Crippen LogP contribution in [-0.4, -0.2) is 58.3 Å². The molecule has 2 amide bonds. The molecule has 1 aliphatic carbocycles. The number of imidazole rings is 1. The van der Waals surface area contributed by atoms with E-state index in [4.69, 9.17) is 0 Å². The van der Waals surface area contributed by atoms with Crippen molar-refractivity contribution in [2.75, 3.05) is 20.6 Å². The highest BCUT2D eigenvalue weighted by Crippen LogP contribution is 2.49. The Bertz CT molecular complexity index is 1200. The van der Waals surface area contributed by atoms with Crippen LogP contribution in [0.2, 0.25) is 0 Å². The van der Waals surface area contributed by atoms with Gasteiger partial charge in [-0.15, -0.1) is 0 Å². The first-order valence-corrected chi connectivity index (χ1v) is 10.9. The second kappa shape index (κ2) is 6.94. The van der Waals surface area contributed by atoms with E-state index < -0.39 is 0 Å². The lowest BCUT2D eigenvalue weighted by Crippen LogP contribution is -2.59. The minimum atomic E-state index is -0.0506. The number of fused-ring (bicyclic) bond motifs is 5. The number of aromatic amines is 1. The van der Waals surface area contributed by atoms with Gasteiger partial charge in [0.25, 0.3) is 11.8 Å². The van der Waals surface area contributed by atoms with Crippen molar-refractivity contribution in [1.29, 1.82) is 0 Å². The van der Waals surface area contributed by atoms with Gasteiger partial charge in [0.05, 0.1) is 17.4 Å². The fraction of sp³-hybridized carbons (Fsp3) is 0.400. The van der Waals surface area contributed by atoms with Crippen LogP contribution in [-0.2, 0) is 11.8 Å². The molecule has 6 nitrogen and oxygen atoms in total. The number of nitrogens with one attached hydrogen (secondary N) is 1. The molecule has 3 aromatic rings. The van der Waals surface area contributed by atoms with Gasteiger partial charge >= 0.3 is 0 Å². The standard InChI is InChI=1S/C25H28N4O2/c1-15-22-13-16-5-6-17(23(30)28(3)4)11-19(16)25(15,2)9-10-29(22)24(31)18-7-8-20-21(12-18)27-14-26-20/h5-8,11-12,14-15,22H,9-10,13H2,1-4H3,(H,26,27)/t15?,22?,25-/m1/s1. The van der Waals surface area contributed by atoms with Crippen LogP contribution in [0.25, 0.3) is 11.0 Å². The quantitative estimate of drug-likeness (QED) is 0.694. The summed E-state index contributed by atoms with van der Waals surface area (Å²) in [5, 5.41) is 0. The van der Waals surface area contributed by atoms with Gasteiger partial charge in [0.1, 0.15) is 0 Å². The molecule has 6 heteroatoms. The summed E-state index contributed by atoms with van der Waals surface area (Å²) in [6.07, 6.45) is 3.36. The van der Waals surface area contributed by atoms with Gasteiger partial charge in [-0.3, -0.25) is 9.59 Å². The highest BCUT2D eigenvalue weighted by atomic mass is 16.2. The number of amides is 2. The molecule has 2 aromatic carbocycles. The first kappa shape index (κ1) is 19.8. The molecule has 1 saturated heterocycles. The summed E-state index contributed by atoms with van der Waals surface area (Å²) in [7, 11) is 3.57. The van der Waals surface area contributed by atoms with Crippen LogP contribution in [0.4, 0.5) is 0 Å². The molecule has 3 atom stereocenters. The molecule has 1 N–H and O–H groups in total. The number of benzene rings is 2. The molecule has 2 bridgehead atoms. The zero-order valence-electron chi connectivity index (χ0n) is 18.5. The van der Waals surface area contributed by atoms with E-state index >= 15 is 0 Å². The van der Waals surface area contributed by atoms with E-state index in [1.165, 1.54) is 11.1 Å². The molecule has 5 rings (SSSR count). The average molecular weight is 417 g/mol. The lowest BCUT2D eigenvalue weighted by Gasteiger charge is -2.54. The summed E-state index contributed by atoms with van der Waals surface area (Å²) in [6.45, 7) is 5.27. The van der Waals surface area contributed by atoms with E-state index in [0.717, 1.165) is 36.0 Å². The number of H-pyrrole nitrogens is 1. The van der Waals surface area contributed by atoms with E-state index in [9.17, 15) is 9.59 Å².